The molecule has 3 atom stereocenters. The van der Waals surface area contributed by atoms with Gasteiger partial charge in [-0.3, -0.25) is 9.69 Å². The Balaban J connectivity index is 2.51. The van der Waals surface area contributed by atoms with Gasteiger partial charge in [-0.2, -0.15) is 0 Å². The molecule has 3 heteroatoms. The molecule has 0 aromatic carbocycles. The first-order chi connectivity index (χ1) is 8.10. The number of likely N-dealkylation sites (N-methyl/N-ethyl adjacent to an activating group) is 1. The number of nitrogens with one attached hydrogen (secondary N) is 1. The van der Waals surface area contributed by atoms with E-state index in [1.54, 1.807) is 0 Å². The summed E-state index contributed by atoms with van der Waals surface area (Å²) in [6.07, 6.45) is 5.57. The summed E-state index contributed by atoms with van der Waals surface area (Å²) in [5.41, 5.74) is 0. The molecule has 0 aliphatic carbocycles. The van der Waals surface area contributed by atoms with E-state index in [2.05, 4.69) is 38.0 Å². The number of amides is 1. The van der Waals surface area contributed by atoms with Crippen LogP contribution >= 0.6 is 0 Å². The molecule has 1 fully saturated rings. The third kappa shape index (κ3) is 3.98. The monoisotopic (exact) mass is 240 g/mol. The van der Waals surface area contributed by atoms with Crippen molar-refractivity contribution in [3.05, 3.63) is 0 Å². The maximum Gasteiger partial charge on any atom is 0.237 e. The second-order valence-corrected chi connectivity index (χ2v) is 5.40. The first-order valence-electron chi connectivity index (χ1n) is 7.10. The van der Waals surface area contributed by atoms with Crippen molar-refractivity contribution in [1.29, 1.82) is 0 Å². The minimum atomic E-state index is 0.0989. The summed E-state index contributed by atoms with van der Waals surface area (Å²) in [5.74, 6) is 0.803. The molecule has 3 nitrogen and oxygen atoms in total. The predicted octanol–water partition coefficient (Wildman–Crippen LogP) is 2.41. The predicted molar refractivity (Wildman–Crippen MR) is 71.9 cm³/mol. The van der Waals surface area contributed by atoms with Crippen molar-refractivity contribution in [3.63, 3.8) is 0 Å². The highest BCUT2D eigenvalue weighted by atomic mass is 16.2. The number of hydrogen-bond acceptors (Lipinski definition) is 2. The molecule has 0 aromatic rings. The van der Waals surface area contributed by atoms with Crippen molar-refractivity contribution in [3.8, 4) is 0 Å². The van der Waals surface area contributed by atoms with E-state index in [0.717, 1.165) is 25.8 Å². The molecule has 0 aromatic heterocycles. The molecule has 1 unspecified atom stereocenters. The minimum absolute atomic E-state index is 0.0989. The lowest BCUT2D eigenvalue weighted by Crippen LogP contribution is -2.51. The maximum atomic E-state index is 12.2. The van der Waals surface area contributed by atoms with Crippen LogP contribution in [0.1, 0.15) is 52.9 Å². The molecule has 1 heterocycles. The highest BCUT2D eigenvalue weighted by molar-refractivity contribution is 5.82. The average Bonchev–Trinajstić information content (AvgIpc) is 2.35. The molecular formula is C14H28N2O. The summed E-state index contributed by atoms with van der Waals surface area (Å²) in [4.78, 5) is 14.4. The molecular weight excluding hydrogens is 212 g/mol. The molecule has 1 saturated heterocycles. The lowest BCUT2D eigenvalue weighted by atomic mass is 9.95. The lowest BCUT2D eigenvalue weighted by Gasteiger charge is -2.33. The summed E-state index contributed by atoms with van der Waals surface area (Å²) in [5, 5.41) is 3.24. The van der Waals surface area contributed by atoms with Crippen molar-refractivity contribution in [1.82, 2.24) is 10.2 Å². The van der Waals surface area contributed by atoms with Gasteiger partial charge in [0.2, 0.25) is 5.91 Å². The topological polar surface area (TPSA) is 32.3 Å². The molecule has 1 amide bonds. The number of piperidine rings is 1. The highest BCUT2D eigenvalue weighted by Crippen LogP contribution is 2.17. The molecule has 0 radical (unpaired) electrons. The van der Waals surface area contributed by atoms with Crippen LogP contribution in [0, 0.1) is 5.92 Å². The smallest absolute Gasteiger partial charge is 0.237 e. The molecule has 0 bridgehead atoms. The van der Waals surface area contributed by atoms with Gasteiger partial charge in [-0.15, -0.1) is 0 Å². The summed E-state index contributed by atoms with van der Waals surface area (Å²) in [6, 6.07) is 0.435. The van der Waals surface area contributed by atoms with Crippen LogP contribution in [0.3, 0.4) is 0 Å². The summed E-state index contributed by atoms with van der Waals surface area (Å²) in [6.45, 7) is 7.62. The third-order valence-corrected chi connectivity index (χ3v) is 4.17. The van der Waals surface area contributed by atoms with Crippen LogP contribution in [0.2, 0.25) is 0 Å². The minimum Gasteiger partial charge on any atom is -0.352 e. The molecule has 0 spiro atoms. The van der Waals surface area contributed by atoms with E-state index in [-0.39, 0.29) is 11.9 Å². The molecule has 100 valence electrons. The molecule has 1 N–H and O–H groups in total. The van der Waals surface area contributed by atoms with Gasteiger partial charge in [-0.25, -0.2) is 0 Å². The van der Waals surface area contributed by atoms with Gasteiger partial charge in [0, 0.05) is 6.04 Å². The lowest BCUT2D eigenvalue weighted by molar-refractivity contribution is -0.128. The molecule has 0 saturated carbocycles. The van der Waals surface area contributed by atoms with Gasteiger partial charge in [0.25, 0.3) is 0 Å². The Morgan fingerprint density at radius 1 is 1.35 bits per heavy atom. The zero-order valence-corrected chi connectivity index (χ0v) is 11.8. The van der Waals surface area contributed by atoms with Crippen LogP contribution in [-0.4, -0.2) is 36.5 Å². The van der Waals surface area contributed by atoms with Crippen molar-refractivity contribution >= 4 is 5.91 Å². The molecule has 17 heavy (non-hydrogen) atoms. The number of carbonyl (C=O) groups excluding carboxylic acids is 1. The van der Waals surface area contributed by atoms with Crippen LogP contribution in [0.5, 0.6) is 0 Å². The second-order valence-electron chi connectivity index (χ2n) is 5.40. The van der Waals surface area contributed by atoms with E-state index in [0.29, 0.717) is 12.0 Å². The summed E-state index contributed by atoms with van der Waals surface area (Å²) < 4.78 is 0. The SMILES string of the molecule is CCC(C)[C@@H](CC)NC(=O)[C@H]1CCCCN1C. The van der Waals surface area contributed by atoms with Gasteiger partial charge in [0.05, 0.1) is 6.04 Å². The fourth-order valence-electron chi connectivity index (χ4n) is 2.62. The summed E-state index contributed by atoms with van der Waals surface area (Å²) >= 11 is 0. The van der Waals surface area contributed by atoms with Gasteiger partial charge in [-0.05, 0) is 38.8 Å². The fraction of sp³-hybridized carbons (Fsp3) is 0.929. The Kier molecular flexibility index (Phi) is 5.96. The zero-order valence-electron chi connectivity index (χ0n) is 11.8. The Labute approximate surface area is 106 Å². The highest BCUT2D eigenvalue weighted by Gasteiger charge is 2.27. The number of rotatable bonds is 5. The normalized spacial score (nSPS) is 25.3. The van der Waals surface area contributed by atoms with E-state index in [9.17, 15) is 4.79 Å². The molecule has 1 aliphatic heterocycles. The van der Waals surface area contributed by atoms with Crippen molar-refractivity contribution in [2.45, 2.75) is 65.0 Å². The van der Waals surface area contributed by atoms with Gasteiger partial charge < -0.3 is 5.32 Å². The average molecular weight is 240 g/mol. The number of nitrogens with zero attached hydrogens (tertiary/aromatic N) is 1. The molecule has 1 aliphatic rings. The fourth-order valence-corrected chi connectivity index (χ4v) is 2.62. The van der Waals surface area contributed by atoms with Crippen LogP contribution in [0.25, 0.3) is 0 Å². The van der Waals surface area contributed by atoms with Crippen molar-refractivity contribution < 1.29 is 4.79 Å². The number of carbonyl (C=O) groups is 1. The Hall–Kier alpha value is -0.570. The van der Waals surface area contributed by atoms with Crippen LogP contribution < -0.4 is 5.32 Å². The number of hydrogen-bond donors (Lipinski definition) is 1. The van der Waals surface area contributed by atoms with Crippen LogP contribution in [-0.2, 0) is 4.79 Å². The van der Waals surface area contributed by atoms with E-state index in [4.69, 9.17) is 0 Å². The van der Waals surface area contributed by atoms with E-state index < -0.39 is 0 Å². The van der Waals surface area contributed by atoms with Gasteiger partial charge in [0.1, 0.15) is 0 Å². The third-order valence-electron chi connectivity index (χ3n) is 4.17. The van der Waals surface area contributed by atoms with Crippen molar-refractivity contribution in [2.75, 3.05) is 13.6 Å². The van der Waals surface area contributed by atoms with E-state index >= 15 is 0 Å². The van der Waals surface area contributed by atoms with Crippen LogP contribution in [0.4, 0.5) is 0 Å². The van der Waals surface area contributed by atoms with E-state index in [1.165, 1.54) is 12.8 Å². The standard InChI is InChI=1S/C14H28N2O/c1-5-11(3)12(6-2)15-14(17)13-9-7-8-10-16(13)4/h11-13H,5-10H2,1-4H3,(H,15,17)/t11?,12-,13-/m1/s1. The van der Waals surface area contributed by atoms with Crippen LogP contribution in [0.15, 0.2) is 0 Å². The van der Waals surface area contributed by atoms with E-state index in [1.807, 2.05) is 0 Å². The zero-order chi connectivity index (χ0) is 12.8. The number of likely N-dealkylation sites (tertiary alicyclic amines) is 1. The quantitative estimate of drug-likeness (QED) is 0.800. The Morgan fingerprint density at radius 3 is 2.59 bits per heavy atom. The summed E-state index contributed by atoms with van der Waals surface area (Å²) in [7, 11) is 2.06. The largest absolute Gasteiger partial charge is 0.352 e. The maximum absolute atomic E-state index is 12.2. The Bertz CT molecular complexity index is 242. The Morgan fingerprint density at radius 2 is 2.06 bits per heavy atom. The van der Waals surface area contributed by atoms with Gasteiger partial charge in [-0.1, -0.05) is 33.6 Å². The first-order valence-corrected chi connectivity index (χ1v) is 7.10. The molecule has 1 rings (SSSR count). The van der Waals surface area contributed by atoms with Crippen molar-refractivity contribution in [2.24, 2.45) is 5.92 Å². The second kappa shape index (κ2) is 7.00. The first kappa shape index (κ1) is 14.5. The van der Waals surface area contributed by atoms with Gasteiger partial charge in [0.15, 0.2) is 0 Å². The van der Waals surface area contributed by atoms with Gasteiger partial charge >= 0.3 is 0 Å².